The fourth-order valence-corrected chi connectivity index (χ4v) is 2.79. The third-order valence-corrected chi connectivity index (χ3v) is 3.89. The number of nitro groups is 1. The SMILES string of the molecule is Cc1cccc(Nc2ccc([N+](=O)[O-])c3c2cc(C(=O)O)n3C)c1. The second-order valence-electron chi connectivity index (χ2n) is 5.54. The maximum atomic E-state index is 11.4. The van der Waals surface area contributed by atoms with Gasteiger partial charge in [0, 0.05) is 29.9 Å². The molecule has 0 fully saturated rings. The van der Waals surface area contributed by atoms with Crippen LogP contribution in [-0.4, -0.2) is 20.6 Å². The van der Waals surface area contributed by atoms with Crippen LogP contribution in [0, 0.1) is 17.0 Å². The Morgan fingerprint density at radius 3 is 2.62 bits per heavy atom. The average molecular weight is 325 g/mol. The van der Waals surface area contributed by atoms with Crippen LogP contribution in [0.3, 0.4) is 0 Å². The zero-order valence-corrected chi connectivity index (χ0v) is 13.1. The lowest BCUT2D eigenvalue weighted by Gasteiger charge is -2.09. The number of aryl methyl sites for hydroxylation is 2. The van der Waals surface area contributed by atoms with Gasteiger partial charge in [-0.1, -0.05) is 12.1 Å². The van der Waals surface area contributed by atoms with E-state index in [1.807, 2.05) is 31.2 Å². The van der Waals surface area contributed by atoms with E-state index >= 15 is 0 Å². The van der Waals surface area contributed by atoms with Crippen LogP contribution in [0.5, 0.6) is 0 Å². The zero-order valence-electron chi connectivity index (χ0n) is 13.1. The Labute approximate surface area is 137 Å². The molecule has 0 aliphatic heterocycles. The molecule has 0 amide bonds. The van der Waals surface area contributed by atoms with Crippen molar-refractivity contribution in [1.82, 2.24) is 4.57 Å². The summed E-state index contributed by atoms with van der Waals surface area (Å²) in [6, 6.07) is 12.1. The number of benzene rings is 2. The zero-order chi connectivity index (χ0) is 17.4. The Bertz CT molecular complexity index is 975. The van der Waals surface area contributed by atoms with Crippen LogP contribution in [0.15, 0.2) is 42.5 Å². The first-order chi connectivity index (χ1) is 11.4. The van der Waals surface area contributed by atoms with Gasteiger partial charge in [0.05, 0.1) is 4.92 Å². The second-order valence-corrected chi connectivity index (χ2v) is 5.54. The van der Waals surface area contributed by atoms with Crippen LogP contribution in [0.4, 0.5) is 17.1 Å². The van der Waals surface area contributed by atoms with Gasteiger partial charge in [-0.15, -0.1) is 0 Å². The van der Waals surface area contributed by atoms with E-state index in [0.717, 1.165) is 11.3 Å². The van der Waals surface area contributed by atoms with Gasteiger partial charge >= 0.3 is 5.97 Å². The van der Waals surface area contributed by atoms with E-state index in [4.69, 9.17) is 0 Å². The summed E-state index contributed by atoms with van der Waals surface area (Å²) < 4.78 is 1.33. The van der Waals surface area contributed by atoms with Crippen LogP contribution in [-0.2, 0) is 7.05 Å². The summed E-state index contributed by atoms with van der Waals surface area (Å²) in [7, 11) is 1.51. The predicted molar refractivity (Wildman–Crippen MR) is 91.0 cm³/mol. The van der Waals surface area contributed by atoms with Gasteiger partial charge in [0.2, 0.25) is 0 Å². The van der Waals surface area contributed by atoms with Gasteiger partial charge in [-0.2, -0.15) is 0 Å². The number of anilines is 2. The Kier molecular flexibility index (Phi) is 3.69. The van der Waals surface area contributed by atoms with Crippen molar-refractivity contribution in [2.75, 3.05) is 5.32 Å². The first kappa shape index (κ1) is 15.5. The molecule has 1 aromatic heterocycles. The van der Waals surface area contributed by atoms with Gasteiger partial charge in [0.25, 0.3) is 5.69 Å². The highest BCUT2D eigenvalue weighted by Crippen LogP contribution is 2.35. The number of hydrogen-bond acceptors (Lipinski definition) is 4. The molecule has 0 unspecified atom stereocenters. The van der Waals surface area contributed by atoms with Gasteiger partial charge < -0.3 is 15.0 Å². The summed E-state index contributed by atoms with van der Waals surface area (Å²) in [5, 5.41) is 24.3. The molecule has 2 N–H and O–H groups in total. The highest BCUT2D eigenvalue weighted by molar-refractivity contribution is 6.04. The molecular formula is C17H15N3O4. The second kappa shape index (κ2) is 5.69. The maximum Gasteiger partial charge on any atom is 0.352 e. The predicted octanol–water partition coefficient (Wildman–Crippen LogP) is 3.84. The van der Waals surface area contributed by atoms with E-state index < -0.39 is 10.9 Å². The van der Waals surface area contributed by atoms with Gasteiger partial charge in [-0.05, 0) is 36.8 Å². The lowest BCUT2D eigenvalue weighted by molar-refractivity contribution is -0.383. The van der Waals surface area contributed by atoms with Crippen LogP contribution in [0.2, 0.25) is 0 Å². The number of nitrogens with zero attached hydrogens (tertiary/aromatic N) is 2. The number of carbonyl (C=O) groups is 1. The molecule has 7 nitrogen and oxygen atoms in total. The molecule has 0 bridgehead atoms. The summed E-state index contributed by atoms with van der Waals surface area (Å²) >= 11 is 0. The quantitative estimate of drug-likeness (QED) is 0.561. The summed E-state index contributed by atoms with van der Waals surface area (Å²) in [6.07, 6.45) is 0. The van der Waals surface area contributed by atoms with E-state index in [9.17, 15) is 20.0 Å². The summed E-state index contributed by atoms with van der Waals surface area (Å²) in [5.41, 5.74) is 2.64. The first-order valence-electron chi connectivity index (χ1n) is 7.22. The minimum absolute atomic E-state index is 0.00778. The number of carboxylic acids is 1. The maximum absolute atomic E-state index is 11.4. The molecule has 0 aliphatic rings. The van der Waals surface area contributed by atoms with Crippen LogP contribution in [0.25, 0.3) is 10.9 Å². The Morgan fingerprint density at radius 1 is 1.25 bits per heavy atom. The molecule has 3 aromatic rings. The van der Waals surface area contributed by atoms with E-state index in [1.54, 1.807) is 6.07 Å². The van der Waals surface area contributed by atoms with Crippen molar-refractivity contribution in [2.45, 2.75) is 6.92 Å². The van der Waals surface area contributed by atoms with Crippen molar-refractivity contribution >= 4 is 33.9 Å². The standard InChI is InChI=1S/C17H15N3O4/c1-10-4-3-5-11(8-10)18-13-6-7-14(20(23)24)16-12(13)9-15(17(21)22)19(16)2/h3-9,18H,1-2H3,(H,21,22). The largest absolute Gasteiger partial charge is 0.477 e. The summed E-state index contributed by atoms with van der Waals surface area (Å²) in [4.78, 5) is 22.2. The highest BCUT2D eigenvalue weighted by Gasteiger charge is 2.22. The fraction of sp³-hybridized carbons (Fsp3) is 0.118. The van der Waals surface area contributed by atoms with Crippen LogP contribution < -0.4 is 5.32 Å². The topological polar surface area (TPSA) is 97.4 Å². The molecule has 0 radical (unpaired) electrons. The van der Waals surface area contributed by atoms with Crippen molar-refractivity contribution in [3.63, 3.8) is 0 Å². The van der Waals surface area contributed by atoms with Crippen molar-refractivity contribution < 1.29 is 14.8 Å². The van der Waals surface area contributed by atoms with Crippen LogP contribution in [0.1, 0.15) is 16.1 Å². The van der Waals surface area contributed by atoms with E-state index in [-0.39, 0.29) is 16.9 Å². The van der Waals surface area contributed by atoms with Gasteiger partial charge in [0.1, 0.15) is 11.2 Å². The lowest BCUT2D eigenvalue weighted by Crippen LogP contribution is -2.04. The molecule has 1 heterocycles. The molecule has 0 atom stereocenters. The van der Waals surface area contributed by atoms with E-state index in [1.165, 1.54) is 23.7 Å². The number of carboxylic acid groups (broad SMARTS) is 1. The van der Waals surface area contributed by atoms with Crippen LogP contribution >= 0.6 is 0 Å². The van der Waals surface area contributed by atoms with Crippen molar-refractivity contribution in [3.8, 4) is 0 Å². The summed E-state index contributed by atoms with van der Waals surface area (Å²) in [6.45, 7) is 1.96. The molecule has 0 aliphatic carbocycles. The number of aromatic carboxylic acids is 1. The molecule has 7 heteroatoms. The number of non-ortho nitro benzene ring substituents is 1. The average Bonchev–Trinajstić information content (AvgIpc) is 2.86. The molecule has 2 aromatic carbocycles. The van der Waals surface area contributed by atoms with E-state index in [0.29, 0.717) is 11.1 Å². The molecule has 0 saturated carbocycles. The number of nitro benzene ring substituents is 1. The normalized spacial score (nSPS) is 10.8. The van der Waals surface area contributed by atoms with Gasteiger partial charge in [0.15, 0.2) is 0 Å². The number of nitrogens with one attached hydrogen (secondary N) is 1. The van der Waals surface area contributed by atoms with Gasteiger partial charge in [-0.25, -0.2) is 4.79 Å². The van der Waals surface area contributed by atoms with E-state index in [2.05, 4.69) is 5.32 Å². The molecular weight excluding hydrogens is 310 g/mol. The Morgan fingerprint density at radius 2 is 2.00 bits per heavy atom. The van der Waals surface area contributed by atoms with Crippen molar-refractivity contribution in [2.24, 2.45) is 7.05 Å². The number of aromatic nitrogens is 1. The molecule has 0 spiro atoms. The fourth-order valence-electron chi connectivity index (χ4n) is 2.79. The Balaban J connectivity index is 2.22. The van der Waals surface area contributed by atoms with Gasteiger partial charge in [-0.3, -0.25) is 10.1 Å². The number of hydrogen-bond donors (Lipinski definition) is 2. The molecule has 0 saturated heterocycles. The highest BCUT2D eigenvalue weighted by atomic mass is 16.6. The summed E-state index contributed by atoms with van der Waals surface area (Å²) in [5.74, 6) is -1.13. The Hall–Kier alpha value is -3.35. The minimum atomic E-state index is -1.13. The first-order valence-corrected chi connectivity index (χ1v) is 7.22. The third-order valence-electron chi connectivity index (χ3n) is 3.89. The minimum Gasteiger partial charge on any atom is -0.477 e. The molecule has 122 valence electrons. The number of fused-ring (bicyclic) bond motifs is 1. The molecule has 3 rings (SSSR count). The third kappa shape index (κ3) is 2.56. The monoisotopic (exact) mass is 325 g/mol. The van der Waals surface area contributed by atoms with Crippen molar-refractivity contribution in [3.05, 3.63) is 63.8 Å². The lowest BCUT2D eigenvalue weighted by atomic mass is 10.1. The van der Waals surface area contributed by atoms with Crippen molar-refractivity contribution in [1.29, 1.82) is 0 Å². The number of rotatable bonds is 4. The smallest absolute Gasteiger partial charge is 0.352 e. The molecule has 24 heavy (non-hydrogen) atoms.